The summed E-state index contributed by atoms with van der Waals surface area (Å²) >= 11 is 0. The minimum Gasteiger partial charge on any atom is -0.395 e. The third-order valence-electron chi connectivity index (χ3n) is 3.04. The summed E-state index contributed by atoms with van der Waals surface area (Å²) in [6.07, 6.45) is 2.61. The molecule has 0 aliphatic carbocycles. The Morgan fingerprint density at radius 2 is 2.06 bits per heavy atom. The number of hydrogen-bond donors (Lipinski definition) is 2. The molecule has 0 spiro atoms. The first-order chi connectivity index (χ1) is 8.79. The maximum atomic E-state index is 9.40. The van der Waals surface area contributed by atoms with Gasteiger partial charge in [-0.3, -0.25) is 4.68 Å². The monoisotopic (exact) mass is 245 g/mol. The van der Waals surface area contributed by atoms with E-state index in [4.69, 9.17) is 0 Å². The molecular weight excluding hydrogens is 226 g/mol. The molecule has 0 aliphatic rings. The first-order valence-corrected chi connectivity index (χ1v) is 6.14. The van der Waals surface area contributed by atoms with Crippen LogP contribution in [0.4, 0.5) is 0 Å². The Labute approximate surface area is 107 Å². The summed E-state index contributed by atoms with van der Waals surface area (Å²) in [6, 6.07) is 12.2. The molecule has 0 saturated carbocycles. The van der Waals surface area contributed by atoms with Crippen LogP contribution < -0.4 is 5.32 Å². The van der Waals surface area contributed by atoms with Gasteiger partial charge in [-0.25, -0.2) is 0 Å². The van der Waals surface area contributed by atoms with Crippen LogP contribution in [0.1, 0.15) is 11.3 Å². The van der Waals surface area contributed by atoms with Crippen molar-refractivity contribution in [3.05, 3.63) is 53.9 Å². The number of aliphatic hydroxyl groups excluding tert-OH is 1. The molecule has 1 aromatic heterocycles. The van der Waals surface area contributed by atoms with Gasteiger partial charge < -0.3 is 10.4 Å². The third-order valence-corrected chi connectivity index (χ3v) is 3.04. The summed E-state index contributed by atoms with van der Waals surface area (Å²) in [5.41, 5.74) is 2.34. The van der Waals surface area contributed by atoms with Crippen molar-refractivity contribution in [1.29, 1.82) is 0 Å². The lowest BCUT2D eigenvalue weighted by atomic mass is 10.1. The smallest absolute Gasteiger partial charge is 0.0588 e. The maximum Gasteiger partial charge on any atom is 0.0588 e. The van der Waals surface area contributed by atoms with Crippen molar-refractivity contribution in [2.75, 3.05) is 6.61 Å². The highest BCUT2D eigenvalue weighted by Gasteiger charge is 2.08. The van der Waals surface area contributed by atoms with Crippen LogP contribution >= 0.6 is 0 Å². The van der Waals surface area contributed by atoms with E-state index in [1.807, 2.05) is 36.0 Å². The number of hydrogen-bond acceptors (Lipinski definition) is 3. The van der Waals surface area contributed by atoms with Crippen LogP contribution in [0.3, 0.4) is 0 Å². The molecule has 1 aromatic carbocycles. The number of aryl methyl sites for hydroxylation is 1. The van der Waals surface area contributed by atoms with Gasteiger partial charge in [0, 0.05) is 25.8 Å². The average molecular weight is 245 g/mol. The minimum absolute atomic E-state index is 0.0716. The van der Waals surface area contributed by atoms with Crippen molar-refractivity contribution in [2.45, 2.75) is 19.0 Å². The molecular formula is C14H19N3O. The van der Waals surface area contributed by atoms with Gasteiger partial charge in [0.1, 0.15) is 0 Å². The Bertz CT molecular complexity index is 467. The highest BCUT2D eigenvalue weighted by molar-refractivity contribution is 5.16. The molecule has 2 rings (SSSR count). The second-order valence-electron chi connectivity index (χ2n) is 4.40. The largest absolute Gasteiger partial charge is 0.395 e. The molecule has 0 amide bonds. The van der Waals surface area contributed by atoms with Crippen LogP contribution in [0, 0.1) is 0 Å². The Balaban J connectivity index is 1.88. The van der Waals surface area contributed by atoms with E-state index in [2.05, 4.69) is 22.5 Å². The lowest BCUT2D eigenvalue weighted by Gasteiger charge is -2.16. The molecule has 0 fully saturated rings. The van der Waals surface area contributed by atoms with Gasteiger partial charge in [-0.15, -0.1) is 0 Å². The molecule has 0 radical (unpaired) electrons. The highest BCUT2D eigenvalue weighted by atomic mass is 16.3. The number of nitrogens with one attached hydrogen (secondary N) is 1. The standard InChI is InChI=1S/C14H19N3O/c1-17-14(7-8-16-17)10-15-13(11-18)9-12-5-3-2-4-6-12/h2-8,13,15,18H,9-11H2,1H3. The predicted octanol–water partition coefficient (Wildman–Crippen LogP) is 1.11. The highest BCUT2D eigenvalue weighted by Crippen LogP contribution is 2.04. The Kier molecular flexibility index (Phi) is 4.50. The van der Waals surface area contributed by atoms with Gasteiger partial charge in [-0.05, 0) is 18.1 Å². The maximum absolute atomic E-state index is 9.40. The van der Waals surface area contributed by atoms with Gasteiger partial charge in [-0.1, -0.05) is 30.3 Å². The van der Waals surface area contributed by atoms with E-state index >= 15 is 0 Å². The molecule has 1 heterocycles. The fourth-order valence-electron chi connectivity index (χ4n) is 1.92. The van der Waals surface area contributed by atoms with E-state index in [-0.39, 0.29) is 12.6 Å². The molecule has 96 valence electrons. The van der Waals surface area contributed by atoms with Crippen molar-refractivity contribution in [2.24, 2.45) is 7.05 Å². The molecule has 2 N–H and O–H groups in total. The Morgan fingerprint density at radius 3 is 2.67 bits per heavy atom. The molecule has 0 saturated heterocycles. The number of nitrogens with zero attached hydrogens (tertiary/aromatic N) is 2. The summed E-state index contributed by atoms with van der Waals surface area (Å²) in [4.78, 5) is 0. The minimum atomic E-state index is 0.0716. The van der Waals surface area contributed by atoms with Crippen LogP contribution in [0.25, 0.3) is 0 Å². The summed E-state index contributed by atoms with van der Waals surface area (Å²) in [5.74, 6) is 0. The van der Waals surface area contributed by atoms with Crippen molar-refractivity contribution in [3.8, 4) is 0 Å². The van der Waals surface area contributed by atoms with Crippen molar-refractivity contribution in [3.63, 3.8) is 0 Å². The number of rotatable bonds is 6. The molecule has 0 bridgehead atoms. The van der Waals surface area contributed by atoms with E-state index in [9.17, 15) is 5.11 Å². The zero-order valence-corrected chi connectivity index (χ0v) is 10.6. The third kappa shape index (κ3) is 3.42. The normalized spacial score (nSPS) is 12.6. The Hall–Kier alpha value is -1.65. The van der Waals surface area contributed by atoms with Crippen LogP contribution in [0.5, 0.6) is 0 Å². The topological polar surface area (TPSA) is 50.1 Å². The van der Waals surface area contributed by atoms with Crippen LogP contribution in [0.15, 0.2) is 42.6 Å². The quantitative estimate of drug-likeness (QED) is 0.801. The van der Waals surface area contributed by atoms with Gasteiger partial charge in [0.05, 0.1) is 12.3 Å². The van der Waals surface area contributed by atoms with Crippen molar-refractivity contribution >= 4 is 0 Å². The van der Waals surface area contributed by atoms with Crippen molar-refractivity contribution < 1.29 is 5.11 Å². The zero-order chi connectivity index (χ0) is 12.8. The summed E-state index contributed by atoms with van der Waals surface area (Å²) < 4.78 is 1.84. The van der Waals surface area contributed by atoms with E-state index in [0.29, 0.717) is 6.54 Å². The second kappa shape index (κ2) is 6.33. The average Bonchev–Trinajstić information content (AvgIpc) is 2.81. The van der Waals surface area contributed by atoms with E-state index < -0.39 is 0 Å². The van der Waals surface area contributed by atoms with Gasteiger partial charge >= 0.3 is 0 Å². The number of aliphatic hydroxyl groups is 1. The van der Waals surface area contributed by atoms with Gasteiger partial charge in [-0.2, -0.15) is 5.10 Å². The molecule has 4 heteroatoms. The van der Waals surface area contributed by atoms with Crippen LogP contribution in [-0.4, -0.2) is 27.5 Å². The molecule has 18 heavy (non-hydrogen) atoms. The zero-order valence-electron chi connectivity index (χ0n) is 10.6. The molecule has 1 atom stereocenters. The fraction of sp³-hybridized carbons (Fsp3) is 0.357. The van der Waals surface area contributed by atoms with Gasteiger partial charge in [0.15, 0.2) is 0 Å². The van der Waals surface area contributed by atoms with E-state index in [0.717, 1.165) is 12.1 Å². The van der Waals surface area contributed by atoms with E-state index in [1.54, 1.807) is 6.20 Å². The Morgan fingerprint density at radius 1 is 1.28 bits per heavy atom. The predicted molar refractivity (Wildman–Crippen MR) is 71.1 cm³/mol. The summed E-state index contributed by atoms with van der Waals surface area (Å²) in [7, 11) is 1.92. The molecule has 0 aliphatic heterocycles. The van der Waals surface area contributed by atoms with E-state index in [1.165, 1.54) is 5.56 Å². The lowest BCUT2D eigenvalue weighted by Crippen LogP contribution is -2.34. The number of benzene rings is 1. The van der Waals surface area contributed by atoms with Gasteiger partial charge in [0.2, 0.25) is 0 Å². The first kappa shape index (κ1) is 12.8. The molecule has 2 aromatic rings. The van der Waals surface area contributed by atoms with Crippen molar-refractivity contribution in [1.82, 2.24) is 15.1 Å². The number of aromatic nitrogens is 2. The molecule has 1 unspecified atom stereocenters. The summed E-state index contributed by atoms with van der Waals surface area (Å²) in [6.45, 7) is 0.849. The van der Waals surface area contributed by atoms with Gasteiger partial charge in [0.25, 0.3) is 0 Å². The lowest BCUT2D eigenvalue weighted by molar-refractivity contribution is 0.240. The fourth-order valence-corrected chi connectivity index (χ4v) is 1.92. The molecule has 4 nitrogen and oxygen atoms in total. The van der Waals surface area contributed by atoms with Crippen LogP contribution in [-0.2, 0) is 20.0 Å². The first-order valence-electron chi connectivity index (χ1n) is 6.14. The van der Waals surface area contributed by atoms with Crippen LogP contribution in [0.2, 0.25) is 0 Å². The summed E-state index contributed by atoms with van der Waals surface area (Å²) in [5, 5.41) is 16.9. The SMILES string of the molecule is Cn1nccc1CNC(CO)Cc1ccccc1. The second-order valence-corrected chi connectivity index (χ2v) is 4.40.